The lowest BCUT2D eigenvalue weighted by Gasteiger charge is -2.07. The molecule has 31 heavy (non-hydrogen) atoms. The highest BCUT2D eigenvalue weighted by Crippen LogP contribution is 2.34. The van der Waals surface area contributed by atoms with E-state index in [4.69, 9.17) is 10.5 Å². The van der Waals surface area contributed by atoms with E-state index in [-0.39, 0.29) is 5.97 Å². The zero-order valence-corrected chi connectivity index (χ0v) is 19.0. The Morgan fingerprint density at radius 3 is 2.71 bits per heavy atom. The number of aryl methyl sites for hydroxylation is 1. The number of anilines is 1. The summed E-state index contributed by atoms with van der Waals surface area (Å²) in [5.74, 6) is 1.83. The number of hydrogen-bond acceptors (Lipinski definition) is 10. The lowest BCUT2D eigenvalue weighted by atomic mass is 10.2. The molecule has 9 nitrogen and oxygen atoms in total. The van der Waals surface area contributed by atoms with Gasteiger partial charge in [-0.05, 0) is 38.5 Å². The molecule has 0 aliphatic rings. The Hall–Kier alpha value is -3.05. The maximum absolute atomic E-state index is 12.2. The molecule has 4 heterocycles. The second kappa shape index (κ2) is 8.98. The van der Waals surface area contributed by atoms with Gasteiger partial charge in [0.1, 0.15) is 21.3 Å². The molecule has 0 aromatic carbocycles. The number of nitrogens with zero attached hydrogens (tertiary/aromatic N) is 6. The van der Waals surface area contributed by atoms with Gasteiger partial charge in [0.2, 0.25) is 0 Å². The van der Waals surface area contributed by atoms with Crippen LogP contribution in [-0.4, -0.2) is 42.3 Å². The minimum absolute atomic E-state index is 0.315. The summed E-state index contributed by atoms with van der Waals surface area (Å²) in [5, 5.41) is 10.2. The summed E-state index contributed by atoms with van der Waals surface area (Å²) in [4.78, 5) is 26.5. The zero-order chi connectivity index (χ0) is 22.0. The van der Waals surface area contributed by atoms with Gasteiger partial charge < -0.3 is 15.0 Å². The van der Waals surface area contributed by atoms with Crippen LogP contribution in [-0.2, 0) is 17.0 Å². The number of thioether (sulfide) groups is 1. The van der Waals surface area contributed by atoms with Gasteiger partial charge in [0.05, 0.1) is 17.7 Å². The number of carbonyl (C=O) groups excluding carboxylic acids is 1. The summed E-state index contributed by atoms with van der Waals surface area (Å²) >= 11 is 2.77. The molecule has 0 bridgehead atoms. The van der Waals surface area contributed by atoms with Crippen LogP contribution in [0.25, 0.3) is 21.6 Å². The number of nitrogens with two attached hydrogens (primary N) is 1. The number of fused-ring (bicyclic) bond motifs is 1. The smallest absolute Gasteiger partial charge is 0.348 e. The average Bonchev–Trinajstić information content (AvgIpc) is 3.34. The zero-order valence-electron chi connectivity index (χ0n) is 17.3. The van der Waals surface area contributed by atoms with Gasteiger partial charge >= 0.3 is 5.97 Å². The molecule has 0 fully saturated rings. The van der Waals surface area contributed by atoms with Crippen LogP contribution in [0.5, 0.6) is 0 Å². The van der Waals surface area contributed by atoms with Crippen molar-refractivity contribution in [2.24, 2.45) is 0 Å². The van der Waals surface area contributed by atoms with Crippen LogP contribution in [0, 0.1) is 6.92 Å². The Morgan fingerprint density at radius 2 is 2.00 bits per heavy atom. The minimum atomic E-state index is -0.363. The summed E-state index contributed by atoms with van der Waals surface area (Å²) in [6.45, 7) is 6.70. The van der Waals surface area contributed by atoms with Crippen molar-refractivity contribution in [3.8, 4) is 11.4 Å². The van der Waals surface area contributed by atoms with Crippen LogP contribution in [0.4, 0.5) is 5.82 Å². The van der Waals surface area contributed by atoms with Gasteiger partial charge in [-0.3, -0.25) is 4.98 Å². The first kappa shape index (κ1) is 21.2. The van der Waals surface area contributed by atoms with E-state index < -0.39 is 0 Å². The molecule has 0 atom stereocenters. The van der Waals surface area contributed by atoms with Gasteiger partial charge in [-0.15, -0.1) is 21.5 Å². The Labute approximate surface area is 187 Å². The molecule has 4 aromatic rings. The van der Waals surface area contributed by atoms with E-state index in [2.05, 4.69) is 25.1 Å². The summed E-state index contributed by atoms with van der Waals surface area (Å²) < 4.78 is 7.17. The second-order valence-corrected chi connectivity index (χ2v) is 8.50. The maximum Gasteiger partial charge on any atom is 0.348 e. The number of carbonyl (C=O) groups is 1. The molecule has 0 amide bonds. The third kappa shape index (κ3) is 4.10. The van der Waals surface area contributed by atoms with E-state index >= 15 is 0 Å². The van der Waals surface area contributed by atoms with Gasteiger partial charge in [0, 0.05) is 24.5 Å². The van der Waals surface area contributed by atoms with Crippen molar-refractivity contribution in [1.29, 1.82) is 0 Å². The van der Waals surface area contributed by atoms with Crippen LogP contribution < -0.4 is 5.73 Å². The van der Waals surface area contributed by atoms with Crippen molar-refractivity contribution in [2.75, 3.05) is 12.3 Å². The molecule has 11 heteroatoms. The quantitative estimate of drug-likeness (QED) is 0.328. The lowest BCUT2D eigenvalue weighted by molar-refractivity contribution is 0.0531. The lowest BCUT2D eigenvalue weighted by Crippen LogP contribution is -2.04. The number of nitrogen functional groups attached to an aromatic ring is 1. The fourth-order valence-electron chi connectivity index (χ4n) is 3.20. The highest BCUT2D eigenvalue weighted by Gasteiger charge is 2.21. The SMILES string of the molecule is CCOC(=O)c1sc2nc(CSc3nnc(-c4ccncc4)n3CC)nc(N)c2c1C. The average molecular weight is 456 g/mol. The standard InChI is InChI=1S/C20H21N7O2S2/c1-4-27-17(12-6-8-22-9-7-12)25-26-20(27)30-10-13-23-16(21)14-11(3)15(19(28)29-5-2)31-18(14)24-13/h6-9H,4-5,10H2,1-3H3,(H2,21,23,24). The number of thiophene rings is 1. The number of aromatic nitrogens is 6. The first-order valence-electron chi connectivity index (χ1n) is 9.72. The molecule has 0 saturated heterocycles. The summed E-state index contributed by atoms with van der Waals surface area (Å²) in [7, 11) is 0. The second-order valence-electron chi connectivity index (χ2n) is 6.56. The largest absolute Gasteiger partial charge is 0.462 e. The molecular formula is C20H21N7O2S2. The Bertz CT molecular complexity index is 1240. The predicted molar refractivity (Wildman–Crippen MR) is 121 cm³/mol. The van der Waals surface area contributed by atoms with Crippen LogP contribution in [0.1, 0.15) is 34.9 Å². The van der Waals surface area contributed by atoms with E-state index in [1.807, 2.05) is 30.5 Å². The van der Waals surface area contributed by atoms with Crippen LogP contribution >= 0.6 is 23.1 Å². The fraction of sp³-hybridized carbons (Fsp3) is 0.300. The predicted octanol–water partition coefficient (Wildman–Crippen LogP) is 3.72. The van der Waals surface area contributed by atoms with E-state index in [9.17, 15) is 4.79 Å². The molecule has 4 rings (SSSR count). The van der Waals surface area contributed by atoms with Crippen LogP contribution in [0.2, 0.25) is 0 Å². The Kier molecular flexibility index (Phi) is 6.14. The molecule has 0 spiro atoms. The first-order chi connectivity index (χ1) is 15.0. The molecule has 0 aliphatic carbocycles. The summed E-state index contributed by atoms with van der Waals surface area (Å²) in [6, 6.07) is 3.81. The third-order valence-electron chi connectivity index (χ3n) is 4.63. The van der Waals surface area contributed by atoms with E-state index in [0.29, 0.717) is 39.1 Å². The van der Waals surface area contributed by atoms with E-state index in [1.54, 1.807) is 19.3 Å². The number of esters is 1. The number of pyridine rings is 1. The molecular weight excluding hydrogens is 434 g/mol. The van der Waals surface area contributed by atoms with Crippen molar-refractivity contribution < 1.29 is 9.53 Å². The van der Waals surface area contributed by atoms with Crippen LogP contribution in [0.3, 0.4) is 0 Å². The summed E-state index contributed by atoms with van der Waals surface area (Å²) in [5.41, 5.74) is 7.92. The fourth-order valence-corrected chi connectivity index (χ4v) is 5.15. The summed E-state index contributed by atoms with van der Waals surface area (Å²) in [6.07, 6.45) is 3.46. The molecule has 0 radical (unpaired) electrons. The van der Waals surface area contributed by atoms with Gasteiger partial charge in [0.15, 0.2) is 11.0 Å². The molecule has 0 saturated carbocycles. The Morgan fingerprint density at radius 1 is 1.23 bits per heavy atom. The van der Waals surface area contributed by atoms with Gasteiger partial charge in [-0.2, -0.15) is 0 Å². The van der Waals surface area contributed by atoms with Crippen LogP contribution in [0.15, 0.2) is 29.7 Å². The van der Waals surface area contributed by atoms with Crippen molar-refractivity contribution >= 4 is 45.1 Å². The van der Waals surface area contributed by atoms with Gasteiger partial charge in [-0.25, -0.2) is 14.8 Å². The van der Waals surface area contributed by atoms with Crippen molar-refractivity contribution in [2.45, 2.75) is 38.2 Å². The highest BCUT2D eigenvalue weighted by atomic mass is 32.2. The topological polar surface area (TPSA) is 122 Å². The Balaban J connectivity index is 1.60. The molecule has 0 unspecified atom stereocenters. The van der Waals surface area contributed by atoms with Gasteiger partial charge in [0.25, 0.3) is 0 Å². The first-order valence-corrected chi connectivity index (χ1v) is 11.5. The molecule has 2 N–H and O–H groups in total. The minimum Gasteiger partial charge on any atom is -0.462 e. The number of hydrogen-bond donors (Lipinski definition) is 1. The van der Waals surface area contributed by atoms with Crippen molar-refractivity contribution in [1.82, 2.24) is 29.7 Å². The number of rotatable bonds is 7. The third-order valence-corrected chi connectivity index (χ3v) is 6.76. The monoisotopic (exact) mass is 455 g/mol. The normalized spacial score (nSPS) is 11.2. The molecule has 4 aromatic heterocycles. The van der Waals surface area contributed by atoms with Gasteiger partial charge in [-0.1, -0.05) is 11.8 Å². The van der Waals surface area contributed by atoms with E-state index in [1.165, 1.54) is 23.1 Å². The highest BCUT2D eigenvalue weighted by molar-refractivity contribution is 7.98. The number of ether oxygens (including phenoxy) is 1. The van der Waals surface area contributed by atoms with E-state index in [0.717, 1.165) is 28.7 Å². The maximum atomic E-state index is 12.2. The molecule has 160 valence electrons. The van der Waals surface area contributed by atoms with Crippen molar-refractivity contribution in [3.05, 3.63) is 40.8 Å². The molecule has 0 aliphatic heterocycles. The van der Waals surface area contributed by atoms with Crippen molar-refractivity contribution in [3.63, 3.8) is 0 Å².